The van der Waals surface area contributed by atoms with Crippen LogP contribution in [0.4, 0.5) is 5.82 Å². The number of hydrogen-bond donors (Lipinski definition) is 1. The third-order valence-electron chi connectivity index (χ3n) is 4.70. The third-order valence-corrected chi connectivity index (χ3v) is 4.90. The molecule has 21 heavy (non-hydrogen) atoms. The zero-order valence-corrected chi connectivity index (χ0v) is 14.3. The van der Waals surface area contributed by atoms with Crippen LogP contribution in [0, 0.1) is 25.7 Å². The van der Waals surface area contributed by atoms with Gasteiger partial charge in [-0.05, 0) is 50.5 Å². The molecule has 1 unspecified atom stereocenters. The van der Waals surface area contributed by atoms with Gasteiger partial charge in [0.1, 0.15) is 4.99 Å². The monoisotopic (exact) mass is 306 g/mol. The molecule has 2 N–H and O–H groups in total. The minimum Gasteiger partial charge on any atom is -0.389 e. The van der Waals surface area contributed by atoms with Crippen molar-refractivity contribution < 1.29 is 0 Å². The molecule has 1 aliphatic heterocycles. The largest absolute Gasteiger partial charge is 0.389 e. The van der Waals surface area contributed by atoms with Crippen LogP contribution in [0.1, 0.15) is 49.9 Å². The lowest BCUT2D eigenvalue weighted by Crippen LogP contribution is -2.30. The highest BCUT2D eigenvalue weighted by Gasteiger charge is 2.24. The number of nitrogens with two attached hydrogens (primary N) is 1. The van der Waals surface area contributed by atoms with E-state index in [9.17, 15) is 0 Å². The minimum atomic E-state index is 0.421. The highest BCUT2D eigenvalue weighted by Crippen LogP contribution is 2.29. The van der Waals surface area contributed by atoms with Crippen molar-refractivity contribution in [1.82, 2.24) is 10.2 Å². The number of aromatic nitrogens is 2. The summed E-state index contributed by atoms with van der Waals surface area (Å²) < 4.78 is 0. The summed E-state index contributed by atoms with van der Waals surface area (Å²) in [4.78, 5) is 2.74. The molecule has 0 spiro atoms. The molecule has 1 aromatic heterocycles. The molecular weight excluding hydrogens is 280 g/mol. The highest BCUT2D eigenvalue weighted by atomic mass is 32.1. The molecule has 5 heteroatoms. The molecule has 2 rings (SSSR count). The fourth-order valence-electron chi connectivity index (χ4n) is 3.11. The van der Waals surface area contributed by atoms with Crippen LogP contribution in [-0.4, -0.2) is 28.3 Å². The topological polar surface area (TPSA) is 55.0 Å². The fourth-order valence-corrected chi connectivity index (χ4v) is 3.36. The zero-order valence-electron chi connectivity index (χ0n) is 13.5. The van der Waals surface area contributed by atoms with E-state index in [0.717, 1.165) is 47.6 Å². The van der Waals surface area contributed by atoms with Crippen LogP contribution in [0.2, 0.25) is 0 Å². The zero-order chi connectivity index (χ0) is 15.6. The molecule has 2 heterocycles. The SMILES string of the molecule is Cc1nnc(N2CCCC(C(C)C)CC2)c(C(N)=S)c1C. The second kappa shape index (κ2) is 6.69. The highest BCUT2D eigenvalue weighted by molar-refractivity contribution is 7.80. The first-order valence-corrected chi connectivity index (χ1v) is 8.21. The van der Waals surface area contributed by atoms with E-state index in [-0.39, 0.29) is 0 Å². The average Bonchev–Trinajstić information content (AvgIpc) is 2.67. The van der Waals surface area contributed by atoms with E-state index < -0.39 is 0 Å². The first-order valence-electron chi connectivity index (χ1n) is 7.80. The summed E-state index contributed by atoms with van der Waals surface area (Å²) in [6.07, 6.45) is 3.67. The van der Waals surface area contributed by atoms with E-state index >= 15 is 0 Å². The Morgan fingerprint density at radius 3 is 2.57 bits per heavy atom. The Morgan fingerprint density at radius 1 is 1.24 bits per heavy atom. The quantitative estimate of drug-likeness (QED) is 0.870. The molecule has 1 fully saturated rings. The number of aryl methyl sites for hydroxylation is 1. The number of nitrogens with zero attached hydrogens (tertiary/aromatic N) is 3. The molecule has 1 atom stereocenters. The first kappa shape index (κ1) is 16.1. The molecule has 1 saturated heterocycles. The molecule has 4 nitrogen and oxygen atoms in total. The van der Waals surface area contributed by atoms with Crippen molar-refractivity contribution in [3.05, 3.63) is 16.8 Å². The molecule has 1 aliphatic rings. The maximum absolute atomic E-state index is 5.94. The lowest BCUT2D eigenvalue weighted by Gasteiger charge is -2.25. The second-order valence-corrected chi connectivity index (χ2v) is 6.84. The molecule has 0 aromatic carbocycles. The van der Waals surface area contributed by atoms with Gasteiger partial charge >= 0.3 is 0 Å². The van der Waals surface area contributed by atoms with Crippen molar-refractivity contribution >= 4 is 23.0 Å². The lowest BCUT2D eigenvalue weighted by atomic mass is 9.89. The molecular formula is C16H26N4S. The lowest BCUT2D eigenvalue weighted by molar-refractivity contribution is 0.351. The summed E-state index contributed by atoms with van der Waals surface area (Å²) in [7, 11) is 0. The van der Waals surface area contributed by atoms with Gasteiger partial charge in [0.25, 0.3) is 0 Å². The van der Waals surface area contributed by atoms with E-state index in [1.807, 2.05) is 13.8 Å². The third kappa shape index (κ3) is 3.51. The van der Waals surface area contributed by atoms with Crippen molar-refractivity contribution in [3.8, 4) is 0 Å². The van der Waals surface area contributed by atoms with Gasteiger partial charge in [-0.3, -0.25) is 0 Å². The van der Waals surface area contributed by atoms with Gasteiger partial charge < -0.3 is 10.6 Å². The molecule has 0 bridgehead atoms. The normalized spacial score (nSPS) is 19.7. The van der Waals surface area contributed by atoms with Gasteiger partial charge in [-0.15, -0.1) is 5.10 Å². The van der Waals surface area contributed by atoms with Crippen molar-refractivity contribution in [1.29, 1.82) is 0 Å². The van der Waals surface area contributed by atoms with Gasteiger partial charge in [0.05, 0.1) is 11.3 Å². The van der Waals surface area contributed by atoms with E-state index in [2.05, 4.69) is 28.9 Å². The van der Waals surface area contributed by atoms with Crippen LogP contribution in [0.5, 0.6) is 0 Å². The Labute approximate surface area is 133 Å². The predicted octanol–water partition coefficient (Wildman–Crippen LogP) is 2.99. The number of anilines is 1. The Hall–Kier alpha value is -1.23. The Bertz CT molecular complexity index is 527. The van der Waals surface area contributed by atoms with E-state index in [4.69, 9.17) is 18.0 Å². The number of rotatable bonds is 3. The molecule has 1 aromatic rings. The summed E-state index contributed by atoms with van der Waals surface area (Å²) in [5.74, 6) is 2.41. The van der Waals surface area contributed by atoms with Crippen molar-refractivity contribution in [3.63, 3.8) is 0 Å². The summed E-state index contributed by atoms with van der Waals surface area (Å²) in [6.45, 7) is 10.6. The fraction of sp³-hybridized carbons (Fsp3) is 0.688. The average molecular weight is 306 g/mol. The number of hydrogen-bond acceptors (Lipinski definition) is 4. The van der Waals surface area contributed by atoms with Crippen LogP contribution in [-0.2, 0) is 0 Å². The minimum absolute atomic E-state index is 0.421. The molecule has 0 amide bonds. The van der Waals surface area contributed by atoms with Gasteiger partial charge in [0, 0.05) is 13.1 Å². The van der Waals surface area contributed by atoms with Crippen LogP contribution >= 0.6 is 12.2 Å². The van der Waals surface area contributed by atoms with Crippen LogP contribution in [0.25, 0.3) is 0 Å². The summed E-state index contributed by atoms with van der Waals surface area (Å²) in [6, 6.07) is 0. The van der Waals surface area contributed by atoms with E-state index in [1.54, 1.807) is 0 Å². The second-order valence-electron chi connectivity index (χ2n) is 6.40. The predicted molar refractivity (Wildman–Crippen MR) is 91.8 cm³/mol. The smallest absolute Gasteiger partial charge is 0.161 e. The molecule has 0 radical (unpaired) electrons. The van der Waals surface area contributed by atoms with Gasteiger partial charge in [0.15, 0.2) is 5.82 Å². The van der Waals surface area contributed by atoms with Gasteiger partial charge in [-0.2, -0.15) is 5.10 Å². The Kier molecular flexibility index (Phi) is 5.14. The molecule has 116 valence electrons. The number of thiocarbonyl (C=S) groups is 1. The van der Waals surface area contributed by atoms with Gasteiger partial charge in [0.2, 0.25) is 0 Å². The standard InChI is InChI=1S/C16H26N4S/c1-10(2)13-6-5-8-20(9-7-13)16-14(15(17)21)11(3)12(4)18-19-16/h10,13H,5-9H2,1-4H3,(H2,17,21). The van der Waals surface area contributed by atoms with Gasteiger partial charge in [-0.25, -0.2) is 0 Å². The maximum Gasteiger partial charge on any atom is 0.161 e. The van der Waals surface area contributed by atoms with Crippen molar-refractivity contribution in [2.24, 2.45) is 17.6 Å². The van der Waals surface area contributed by atoms with Gasteiger partial charge in [-0.1, -0.05) is 26.1 Å². The summed E-state index contributed by atoms with van der Waals surface area (Å²) >= 11 is 5.25. The maximum atomic E-state index is 5.94. The first-order chi connectivity index (χ1) is 9.91. The van der Waals surface area contributed by atoms with Crippen molar-refractivity contribution in [2.45, 2.75) is 47.0 Å². The summed E-state index contributed by atoms with van der Waals surface area (Å²) in [5, 5.41) is 8.68. The Morgan fingerprint density at radius 2 is 1.95 bits per heavy atom. The van der Waals surface area contributed by atoms with Crippen LogP contribution in [0.3, 0.4) is 0 Å². The van der Waals surface area contributed by atoms with E-state index in [1.165, 1.54) is 19.3 Å². The summed E-state index contributed by atoms with van der Waals surface area (Å²) in [5.41, 5.74) is 8.80. The van der Waals surface area contributed by atoms with Crippen LogP contribution in [0.15, 0.2) is 0 Å². The van der Waals surface area contributed by atoms with E-state index in [0.29, 0.717) is 4.99 Å². The van der Waals surface area contributed by atoms with Crippen molar-refractivity contribution in [2.75, 3.05) is 18.0 Å². The van der Waals surface area contributed by atoms with Crippen LogP contribution < -0.4 is 10.6 Å². The Balaban J connectivity index is 2.30. The molecule has 0 aliphatic carbocycles. The molecule has 0 saturated carbocycles.